The first-order valence-electron chi connectivity index (χ1n) is 11.6. The SMILES string of the molecule is COc1ccc(OCC[NH+]2CC[NH+]([C@H](C)C(=O)NC(=O)NC3CCCCC3)CC2)cc1. The van der Waals surface area contributed by atoms with Gasteiger partial charge in [-0.15, -0.1) is 0 Å². The summed E-state index contributed by atoms with van der Waals surface area (Å²) in [6.07, 6.45) is 5.56. The number of amides is 3. The van der Waals surface area contributed by atoms with Crippen molar-refractivity contribution in [1.29, 1.82) is 0 Å². The fourth-order valence-electron chi connectivity index (χ4n) is 4.47. The maximum Gasteiger partial charge on any atom is 0.321 e. The summed E-state index contributed by atoms with van der Waals surface area (Å²) in [6.45, 7) is 7.32. The van der Waals surface area contributed by atoms with Gasteiger partial charge in [0.15, 0.2) is 6.04 Å². The molecule has 2 fully saturated rings. The molecule has 0 unspecified atom stereocenters. The normalized spacial score (nSPS) is 22.9. The van der Waals surface area contributed by atoms with Gasteiger partial charge in [-0.1, -0.05) is 19.3 Å². The zero-order valence-electron chi connectivity index (χ0n) is 18.9. The van der Waals surface area contributed by atoms with Gasteiger partial charge < -0.3 is 24.6 Å². The first-order chi connectivity index (χ1) is 15.0. The Labute approximate surface area is 185 Å². The third kappa shape index (κ3) is 7.40. The maximum atomic E-state index is 12.5. The van der Waals surface area contributed by atoms with Crippen molar-refractivity contribution >= 4 is 11.9 Å². The molecule has 31 heavy (non-hydrogen) atoms. The number of carbonyl (C=O) groups is 2. The molecule has 1 heterocycles. The van der Waals surface area contributed by atoms with E-state index in [1.807, 2.05) is 31.2 Å². The summed E-state index contributed by atoms with van der Waals surface area (Å²) in [5.41, 5.74) is 0. The third-order valence-electron chi connectivity index (χ3n) is 6.57. The van der Waals surface area contributed by atoms with Crippen LogP contribution in [0, 0.1) is 0 Å². The first kappa shape index (κ1) is 23.3. The predicted molar refractivity (Wildman–Crippen MR) is 118 cm³/mol. The molecule has 0 bridgehead atoms. The van der Waals surface area contributed by atoms with E-state index in [1.165, 1.54) is 16.2 Å². The van der Waals surface area contributed by atoms with E-state index in [1.54, 1.807) is 7.11 Å². The van der Waals surface area contributed by atoms with Crippen LogP contribution in [0.1, 0.15) is 39.0 Å². The first-order valence-corrected chi connectivity index (χ1v) is 11.6. The topological polar surface area (TPSA) is 85.5 Å². The van der Waals surface area contributed by atoms with Crippen LogP contribution >= 0.6 is 0 Å². The minimum atomic E-state index is -0.344. The van der Waals surface area contributed by atoms with E-state index in [9.17, 15) is 9.59 Å². The number of imide groups is 1. The second kappa shape index (κ2) is 11.9. The van der Waals surface area contributed by atoms with Gasteiger partial charge in [0.05, 0.1) is 7.11 Å². The molecule has 1 aliphatic carbocycles. The smallest absolute Gasteiger partial charge is 0.321 e. The van der Waals surface area contributed by atoms with Crippen molar-refractivity contribution in [2.45, 2.75) is 51.1 Å². The molecular formula is C23H38N4O4+2. The van der Waals surface area contributed by atoms with E-state index in [2.05, 4.69) is 10.6 Å². The van der Waals surface area contributed by atoms with E-state index < -0.39 is 0 Å². The standard InChI is InChI=1S/C23H36N4O4/c1-18(22(28)25-23(29)24-19-6-4-3-5-7-19)27-14-12-26(13-15-27)16-17-31-21-10-8-20(30-2)9-11-21/h8-11,18-19H,3-7,12-17H2,1-2H3,(H2,24,25,28,29)/p+2/t18-/m1/s1. The number of rotatable bonds is 8. The number of benzene rings is 1. The highest BCUT2D eigenvalue weighted by atomic mass is 16.5. The predicted octanol–water partition coefficient (Wildman–Crippen LogP) is -0.596. The number of carbonyl (C=O) groups excluding carboxylic acids is 2. The van der Waals surface area contributed by atoms with E-state index in [4.69, 9.17) is 9.47 Å². The van der Waals surface area contributed by atoms with Crippen LogP contribution in [0.2, 0.25) is 0 Å². The van der Waals surface area contributed by atoms with Crippen LogP contribution in [0.15, 0.2) is 24.3 Å². The summed E-state index contributed by atoms with van der Waals surface area (Å²) in [5, 5.41) is 5.50. The molecule has 3 amide bonds. The monoisotopic (exact) mass is 434 g/mol. The third-order valence-corrected chi connectivity index (χ3v) is 6.57. The Morgan fingerprint density at radius 1 is 1.03 bits per heavy atom. The van der Waals surface area contributed by atoms with Crippen molar-refractivity contribution in [1.82, 2.24) is 10.6 Å². The van der Waals surface area contributed by atoms with Crippen LogP contribution < -0.4 is 29.9 Å². The molecule has 3 rings (SSSR count). The molecule has 0 spiro atoms. The summed E-state index contributed by atoms with van der Waals surface area (Å²) in [6, 6.07) is 7.26. The maximum absolute atomic E-state index is 12.5. The van der Waals surface area contributed by atoms with Crippen molar-refractivity contribution in [2.24, 2.45) is 0 Å². The molecular weight excluding hydrogens is 396 g/mol. The van der Waals surface area contributed by atoms with E-state index >= 15 is 0 Å². The van der Waals surface area contributed by atoms with Gasteiger partial charge in [0, 0.05) is 6.04 Å². The summed E-state index contributed by atoms with van der Waals surface area (Å²) in [7, 11) is 1.65. The van der Waals surface area contributed by atoms with Crippen LogP contribution in [-0.2, 0) is 4.79 Å². The second-order valence-electron chi connectivity index (χ2n) is 8.70. The zero-order valence-corrected chi connectivity index (χ0v) is 18.9. The molecule has 8 nitrogen and oxygen atoms in total. The molecule has 0 radical (unpaired) electrons. The average molecular weight is 435 g/mol. The number of hydrogen-bond acceptors (Lipinski definition) is 4. The molecule has 1 aliphatic heterocycles. The molecule has 2 aliphatic rings. The van der Waals surface area contributed by atoms with Crippen molar-refractivity contribution in [3.05, 3.63) is 24.3 Å². The lowest BCUT2D eigenvalue weighted by Gasteiger charge is -2.32. The van der Waals surface area contributed by atoms with Crippen molar-refractivity contribution in [3.8, 4) is 11.5 Å². The molecule has 1 atom stereocenters. The summed E-state index contributed by atoms with van der Waals surface area (Å²) >= 11 is 0. The Balaban J connectivity index is 1.32. The molecule has 4 N–H and O–H groups in total. The molecule has 8 heteroatoms. The van der Waals surface area contributed by atoms with Gasteiger partial charge in [0.25, 0.3) is 5.91 Å². The van der Waals surface area contributed by atoms with Crippen molar-refractivity contribution in [2.75, 3.05) is 46.4 Å². The van der Waals surface area contributed by atoms with E-state index in [0.29, 0.717) is 6.61 Å². The average Bonchev–Trinajstić information content (AvgIpc) is 2.80. The lowest BCUT2D eigenvalue weighted by molar-refractivity contribution is -1.02. The molecule has 1 saturated heterocycles. The molecule has 1 aromatic rings. The molecule has 1 aromatic carbocycles. The van der Waals surface area contributed by atoms with Gasteiger partial charge in [-0.25, -0.2) is 4.79 Å². The quantitative estimate of drug-likeness (QED) is 0.441. The van der Waals surface area contributed by atoms with Crippen LogP contribution in [-0.4, -0.2) is 70.5 Å². The van der Waals surface area contributed by atoms with E-state index in [0.717, 1.165) is 69.9 Å². The highest BCUT2D eigenvalue weighted by molar-refractivity contribution is 5.96. The number of hydrogen-bond donors (Lipinski definition) is 4. The van der Waals surface area contributed by atoms with Crippen LogP contribution in [0.4, 0.5) is 4.79 Å². The Kier molecular flexibility index (Phi) is 8.97. The van der Waals surface area contributed by atoms with Gasteiger partial charge in [0.1, 0.15) is 50.8 Å². The fourth-order valence-corrected chi connectivity index (χ4v) is 4.47. The highest BCUT2D eigenvalue weighted by Gasteiger charge is 2.32. The van der Waals surface area contributed by atoms with Gasteiger partial charge in [0.2, 0.25) is 0 Å². The number of piperazine rings is 1. The Hall–Kier alpha value is -2.32. The number of quaternary nitrogens is 2. The number of urea groups is 1. The minimum absolute atomic E-state index is 0.186. The van der Waals surface area contributed by atoms with Gasteiger partial charge in [-0.05, 0) is 44.0 Å². The van der Waals surface area contributed by atoms with Gasteiger partial charge in [-0.3, -0.25) is 10.1 Å². The number of nitrogens with one attached hydrogen (secondary N) is 4. The Bertz CT molecular complexity index is 698. The van der Waals surface area contributed by atoms with Crippen LogP contribution in [0.3, 0.4) is 0 Å². The second-order valence-corrected chi connectivity index (χ2v) is 8.70. The van der Waals surface area contributed by atoms with E-state index in [-0.39, 0.29) is 24.0 Å². The zero-order chi connectivity index (χ0) is 22.1. The van der Waals surface area contributed by atoms with Gasteiger partial charge >= 0.3 is 6.03 Å². The summed E-state index contributed by atoms with van der Waals surface area (Å²) in [4.78, 5) is 27.4. The summed E-state index contributed by atoms with van der Waals surface area (Å²) in [5.74, 6) is 1.48. The minimum Gasteiger partial charge on any atom is -0.497 e. The Morgan fingerprint density at radius 2 is 1.68 bits per heavy atom. The van der Waals surface area contributed by atoms with Crippen molar-refractivity contribution < 1.29 is 28.9 Å². The number of methoxy groups -OCH3 is 1. The fraction of sp³-hybridized carbons (Fsp3) is 0.652. The lowest BCUT2D eigenvalue weighted by Crippen LogP contribution is -3.30. The molecule has 1 saturated carbocycles. The van der Waals surface area contributed by atoms with Gasteiger partial charge in [-0.2, -0.15) is 0 Å². The largest absolute Gasteiger partial charge is 0.497 e. The lowest BCUT2D eigenvalue weighted by atomic mass is 9.96. The van der Waals surface area contributed by atoms with Crippen LogP contribution in [0.25, 0.3) is 0 Å². The Morgan fingerprint density at radius 3 is 2.32 bits per heavy atom. The summed E-state index contributed by atoms with van der Waals surface area (Å²) < 4.78 is 11.0. The molecule has 0 aromatic heterocycles. The van der Waals surface area contributed by atoms with Crippen molar-refractivity contribution in [3.63, 3.8) is 0 Å². The molecule has 172 valence electrons. The number of ether oxygens (including phenoxy) is 2. The van der Waals surface area contributed by atoms with Crippen LogP contribution in [0.5, 0.6) is 11.5 Å². The highest BCUT2D eigenvalue weighted by Crippen LogP contribution is 2.17.